The maximum Gasteiger partial charge on any atom is 0.143 e. The molecule has 0 aliphatic heterocycles. The van der Waals surface area contributed by atoms with Crippen LogP contribution in [0, 0.1) is 0 Å². The second-order valence-electron chi connectivity index (χ2n) is 33.4. The summed E-state index contributed by atoms with van der Waals surface area (Å²) in [5.74, 6) is 0. The van der Waals surface area contributed by atoms with Gasteiger partial charge in [-0.1, -0.05) is 267 Å². The van der Waals surface area contributed by atoms with Crippen LogP contribution < -0.4 is 0 Å². The second kappa shape index (κ2) is 28.8. The first-order chi connectivity index (χ1) is 64.5. The molecular formula is C116H71N13O. The van der Waals surface area contributed by atoms with Crippen LogP contribution in [0.25, 0.3) is 247 Å². The molecule has 8 heterocycles. The Morgan fingerprint density at radius 1 is 0.185 bits per heavy atom. The molecule has 0 atom stereocenters. The molecule has 0 radical (unpaired) electrons. The van der Waals surface area contributed by atoms with E-state index in [1.165, 1.54) is 114 Å². The van der Waals surface area contributed by atoms with Crippen LogP contribution in [0.15, 0.2) is 435 Å². The highest BCUT2D eigenvalue weighted by Crippen LogP contribution is 2.51. The van der Waals surface area contributed by atoms with E-state index < -0.39 is 0 Å². The molecule has 0 N–H and O–H groups in total. The zero-order chi connectivity index (χ0) is 85.2. The van der Waals surface area contributed by atoms with Crippen molar-refractivity contribution in [3.05, 3.63) is 431 Å². The number of para-hydroxylation sites is 7. The van der Waals surface area contributed by atoms with Gasteiger partial charge in [0.15, 0.2) is 0 Å². The van der Waals surface area contributed by atoms with Gasteiger partial charge in [-0.15, -0.1) is 30.6 Å². The van der Waals surface area contributed by atoms with Crippen LogP contribution in [0.3, 0.4) is 0 Å². The summed E-state index contributed by atoms with van der Waals surface area (Å²) in [4.78, 5) is 5.16. The minimum absolute atomic E-state index is 0.842. The van der Waals surface area contributed by atoms with E-state index in [1.54, 1.807) is 14.4 Å². The normalized spacial score (nSPS) is 12.0. The Bertz CT molecular complexity index is 9630. The molecule has 0 aliphatic rings. The Morgan fingerprint density at radius 3 is 1.12 bits per heavy atom. The van der Waals surface area contributed by atoms with E-state index in [2.05, 4.69) is 340 Å². The Labute approximate surface area is 740 Å². The van der Waals surface area contributed by atoms with Gasteiger partial charge >= 0.3 is 0 Å². The maximum atomic E-state index is 6.59. The molecule has 0 saturated heterocycles. The number of rotatable bonds is 9. The molecule has 14 heteroatoms. The summed E-state index contributed by atoms with van der Waals surface area (Å²) in [5, 5.41) is 51.1. The minimum Gasteiger partial charge on any atom is -0.455 e. The Kier molecular flexibility index (Phi) is 16.1. The fourth-order valence-corrected chi connectivity index (χ4v) is 20.6. The van der Waals surface area contributed by atoms with Crippen LogP contribution in [0.5, 0.6) is 0 Å². The molecule has 29 rings (SSSR count). The molecule has 14 nitrogen and oxygen atoms in total. The molecule has 0 unspecified atom stereocenters. The van der Waals surface area contributed by atoms with Crippen LogP contribution in [0.4, 0.5) is 0 Å². The van der Waals surface area contributed by atoms with E-state index in [4.69, 9.17) is 35.0 Å². The topological polar surface area (TPSA) is 125 Å². The van der Waals surface area contributed by atoms with Crippen molar-refractivity contribution in [2.24, 2.45) is 0 Å². The number of hydrogen-bond acceptors (Lipinski definition) is 7. The fraction of sp³-hybridized carbons (Fsp3) is 0. The third-order valence-corrected chi connectivity index (χ3v) is 26.2. The molecule has 0 aliphatic carbocycles. The number of nitrogens with zero attached hydrogens (tertiary/aromatic N) is 13. The van der Waals surface area contributed by atoms with Crippen LogP contribution in [-0.4, -0.2) is 63.3 Å². The van der Waals surface area contributed by atoms with Gasteiger partial charge in [0.1, 0.15) is 44.3 Å². The SMILES string of the molecule is c1ccc(-c2ccc3c(oc4ccccc43)c2-c2cc3nn(-c4ccccc4)nc3c3ccccc23)cc1.c1ccc(-n2nc3ccc(-n4c5cccc6c7ccccc7c7cccc8c7c7c(c65)c4ccc7n8-c4ccccc4)cc3n2)cc1.c1ccc(-n2nc3ccc(-n4c5ccccc5c5c6c7ccccc7n(-c7ccc8ccccc8c7)c6ccc54)cc3n2)cc1. The molecular weight excluding hydrogens is 1590 g/mol. The summed E-state index contributed by atoms with van der Waals surface area (Å²) in [5.41, 5.74) is 28.1. The third kappa shape index (κ3) is 11.2. The van der Waals surface area contributed by atoms with Crippen molar-refractivity contribution in [3.63, 3.8) is 0 Å². The summed E-state index contributed by atoms with van der Waals surface area (Å²) in [6.45, 7) is 0. The predicted octanol–water partition coefficient (Wildman–Crippen LogP) is 28.9. The van der Waals surface area contributed by atoms with Crippen molar-refractivity contribution in [2.75, 3.05) is 0 Å². The highest BCUT2D eigenvalue weighted by molar-refractivity contribution is 6.39. The number of hydrogen-bond donors (Lipinski definition) is 0. The summed E-state index contributed by atoms with van der Waals surface area (Å²) in [6, 6.07) is 152. The molecule has 130 heavy (non-hydrogen) atoms. The summed E-state index contributed by atoms with van der Waals surface area (Å²) < 4.78 is 16.2. The lowest BCUT2D eigenvalue weighted by Crippen LogP contribution is -1.97. The molecule has 0 saturated carbocycles. The molecule has 29 aromatic rings. The first-order valence-electron chi connectivity index (χ1n) is 43.8. The van der Waals surface area contributed by atoms with Crippen LogP contribution >= 0.6 is 0 Å². The molecule has 0 fully saturated rings. The first kappa shape index (κ1) is 72.6. The predicted molar refractivity (Wildman–Crippen MR) is 533 cm³/mol. The van der Waals surface area contributed by atoms with Gasteiger partial charge in [-0.05, 0) is 218 Å². The van der Waals surface area contributed by atoms with Crippen molar-refractivity contribution < 1.29 is 4.42 Å². The Morgan fingerprint density at radius 2 is 0.562 bits per heavy atom. The number of benzene rings is 20. The standard InChI is InChI=1S/C42H25N5.C40H25N5.C34H21N3O/c1-3-11-26(12-4-1)45-35-19-9-17-31-29-15-7-8-16-30(29)32-18-10-20-36-40(32)42-38(24-23-37(45)41(42)39(31)35)46(36)28-21-22-33-34(25-28)44-47(43-33)27-13-5-2-6-14-27;1-2-12-28(13-3-1)45-41-33-21-20-30(25-34(33)42-45)44-36-17-9-7-15-32(36)40-38(44)23-22-37-39(40)31-14-6-8-16-35(31)43(37)29-19-18-26-10-4-5-11-27(26)24-29;1-3-11-22(12-4-1)24-19-20-28-26-16-9-10-18-31(26)38-34(28)32(24)29-21-30-33(27-17-8-7-15-25(27)29)36-37(35-30)23-13-5-2-6-14-23/h1-25H;1-25H;1-21H. The Hall–Kier alpha value is -17.9. The van der Waals surface area contributed by atoms with Crippen molar-refractivity contribution in [2.45, 2.75) is 0 Å². The lowest BCUT2D eigenvalue weighted by molar-refractivity contribution is 0.670. The smallest absolute Gasteiger partial charge is 0.143 e. The van der Waals surface area contributed by atoms with E-state index in [0.29, 0.717) is 0 Å². The van der Waals surface area contributed by atoms with E-state index >= 15 is 0 Å². The van der Waals surface area contributed by atoms with Gasteiger partial charge in [-0.25, -0.2) is 0 Å². The molecule has 8 aromatic heterocycles. The van der Waals surface area contributed by atoms with Crippen molar-refractivity contribution in [1.29, 1.82) is 0 Å². The number of fused-ring (bicyclic) bond motifs is 19. The van der Waals surface area contributed by atoms with Gasteiger partial charge in [0, 0.05) is 87.6 Å². The van der Waals surface area contributed by atoms with Gasteiger partial charge in [0.05, 0.1) is 61.2 Å². The molecule has 21 aromatic carbocycles. The number of aromatic nitrogens is 13. The lowest BCUT2D eigenvalue weighted by Gasteiger charge is -2.14. The first-order valence-corrected chi connectivity index (χ1v) is 43.8. The summed E-state index contributed by atoms with van der Waals surface area (Å²) in [7, 11) is 0. The molecule has 0 bridgehead atoms. The highest BCUT2D eigenvalue weighted by atomic mass is 16.3. The third-order valence-electron chi connectivity index (χ3n) is 26.2. The van der Waals surface area contributed by atoms with Crippen molar-refractivity contribution >= 4 is 185 Å². The zero-order valence-electron chi connectivity index (χ0n) is 69.7. The molecule has 0 amide bonds. The van der Waals surface area contributed by atoms with Crippen molar-refractivity contribution in [3.8, 4) is 62.1 Å². The van der Waals surface area contributed by atoms with E-state index in [9.17, 15) is 0 Å². The zero-order valence-corrected chi connectivity index (χ0v) is 69.7. The summed E-state index contributed by atoms with van der Waals surface area (Å²) in [6.07, 6.45) is 0. The van der Waals surface area contributed by atoms with Gasteiger partial charge in [-0.3, -0.25) is 0 Å². The van der Waals surface area contributed by atoms with Crippen molar-refractivity contribution in [1.82, 2.24) is 63.3 Å². The molecule has 606 valence electrons. The minimum atomic E-state index is 0.842. The lowest BCUT2D eigenvalue weighted by atomic mass is 9.89. The van der Waals surface area contributed by atoms with Crippen LogP contribution in [0.1, 0.15) is 0 Å². The van der Waals surface area contributed by atoms with Crippen LogP contribution in [0.2, 0.25) is 0 Å². The van der Waals surface area contributed by atoms with Gasteiger partial charge < -0.3 is 22.7 Å². The quantitative estimate of drug-likeness (QED) is 0.141. The Balaban J connectivity index is 0.000000101. The second-order valence-corrected chi connectivity index (χ2v) is 33.4. The van der Waals surface area contributed by atoms with Gasteiger partial charge in [-0.2, -0.15) is 14.4 Å². The maximum absolute atomic E-state index is 6.59. The van der Waals surface area contributed by atoms with E-state index in [0.717, 1.165) is 133 Å². The van der Waals surface area contributed by atoms with Gasteiger partial charge in [0.25, 0.3) is 0 Å². The monoisotopic (exact) mass is 1660 g/mol. The summed E-state index contributed by atoms with van der Waals surface area (Å²) >= 11 is 0. The highest BCUT2D eigenvalue weighted by Gasteiger charge is 2.28. The van der Waals surface area contributed by atoms with Gasteiger partial charge in [0.2, 0.25) is 0 Å². The molecule has 0 spiro atoms. The fourth-order valence-electron chi connectivity index (χ4n) is 20.6. The largest absolute Gasteiger partial charge is 0.455 e. The van der Waals surface area contributed by atoms with Crippen LogP contribution in [-0.2, 0) is 0 Å². The average molecular weight is 1660 g/mol. The number of furan rings is 1. The van der Waals surface area contributed by atoms with E-state index in [-0.39, 0.29) is 0 Å². The average Bonchev–Trinajstić information content (AvgIpc) is 1.52. The van der Waals surface area contributed by atoms with E-state index in [1.807, 2.05) is 109 Å².